The van der Waals surface area contributed by atoms with E-state index in [9.17, 15) is 9.59 Å². The van der Waals surface area contributed by atoms with Gasteiger partial charge < -0.3 is 10.4 Å². The van der Waals surface area contributed by atoms with Crippen molar-refractivity contribution >= 4 is 27.8 Å². The Balaban J connectivity index is 1.92. The van der Waals surface area contributed by atoms with Crippen molar-refractivity contribution in [1.82, 2.24) is 10.3 Å². The van der Waals surface area contributed by atoms with Crippen molar-refractivity contribution < 1.29 is 14.7 Å². The van der Waals surface area contributed by atoms with Crippen LogP contribution in [0.25, 0.3) is 0 Å². The summed E-state index contributed by atoms with van der Waals surface area (Å²) in [6.45, 7) is 0.393. The number of carbonyl (C=O) groups excluding carboxylic acids is 1. The Labute approximate surface area is 119 Å². The van der Waals surface area contributed by atoms with Gasteiger partial charge in [-0.25, -0.2) is 4.98 Å². The van der Waals surface area contributed by atoms with Gasteiger partial charge >= 0.3 is 5.97 Å². The van der Waals surface area contributed by atoms with E-state index in [4.69, 9.17) is 5.11 Å². The van der Waals surface area contributed by atoms with Gasteiger partial charge in [-0.2, -0.15) is 0 Å². The molecule has 1 amide bonds. The average Bonchev–Trinajstić information content (AvgIpc) is 2.84. The monoisotopic (exact) mass is 326 g/mol. The normalized spacial score (nSPS) is 22.2. The number of halogens is 1. The van der Waals surface area contributed by atoms with E-state index in [-0.39, 0.29) is 17.7 Å². The van der Waals surface area contributed by atoms with Crippen molar-refractivity contribution in [1.29, 1.82) is 0 Å². The van der Waals surface area contributed by atoms with E-state index >= 15 is 0 Å². The number of carbonyl (C=O) groups is 2. The number of aromatic nitrogens is 1. The maximum absolute atomic E-state index is 11.9. The van der Waals surface area contributed by atoms with E-state index in [1.165, 1.54) is 0 Å². The summed E-state index contributed by atoms with van der Waals surface area (Å²) in [4.78, 5) is 27.0. The lowest BCUT2D eigenvalue weighted by Gasteiger charge is -2.16. The predicted octanol–water partition coefficient (Wildman–Crippen LogP) is 2.07. The van der Waals surface area contributed by atoms with Gasteiger partial charge in [0.1, 0.15) is 10.3 Å². The molecule has 0 saturated heterocycles. The minimum atomic E-state index is -0.766. The highest BCUT2D eigenvalue weighted by Crippen LogP contribution is 2.31. The zero-order valence-electron chi connectivity index (χ0n) is 10.3. The number of nitrogens with one attached hydrogen (secondary N) is 1. The summed E-state index contributed by atoms with van der Waals surface area (Å²) in [6, 6.07) is 5.11. The third-order valence-electron chi connectivity index (χ3n) is 3.45. The standard InChI is InChI=1S/C13H15BrN2O3/c14-11-6-2-5-10(16-11)12(17)15-7-8-3-1-4-9(8)13(18)19/h2,5-6,8-9H,1,3-4,7H2,(H,15,17)(H,18,19). The van der Waals surface area contributed by atoms with Crippen LogP contribution in [-0.2, 0) is 4.79 Å². The highest BCUT2D eigenvalue weighted by Gasteiger charge is 2.32. The Morgan fingerprint density at radius 1 is 1.42 bits per heavy atom. The van der Waals surface area contributed by atoms with Crippen LogP contribution in [0.3, 0.4) is 0 Å². The summed E-state index contributed by atoms with van der Waals surface area (Å²) < 4.78 is 0.601. The number of pyridine rings is 1. The Bertz CT molecular complexity index is 493. The summed E-state index contributed by atoms with van der Waals surface area (Å²) in [5.74, 6) is -1.35. The molecule has 2 rings (SSSR count). The Morgan fingerprint density at radius 2 is 2.21 bits per heavy atom. The number of nitrogens with zero attached hydrogens (tertiary/aromatic N) is 1. The van der Waals surface area contributed by atoms with Crippen LogP contribution in [0.2, 0.25) is 0 Å². The maximum Gasteiger partial charge on any atom is 0.306 e. The Hall–Kier alpha value is -1.43. The maximum atomic E-state index is 11.9. The van der Waals surface area contributed by atoms with E-state index in [2.05, 4.69) is 26.2 Å². The smallest absolute Gasteiger partial charge is 0.306 e. The molecule has 5 nitrogen and oxygen atoms in total. The molecule has 19 heavy (non-hydrogen) atoms. The molecule has 2 atom stereocenters. The summed E-state index contributed by atoms with van der Waals surface area (Å²) >= 11 is 3.21. The average molecular weight is 327 g/mol. The largest absolute Gasteiger partial charge is 0.481 e. The fourth-order valence-electron chi connectivity index (χ4n) is 2.46. The van der Waals surface area contributed by atoms with Gasteiger partial charge in [0.2, 0.25) is 0 Å². The molecule has 102 valence electrons. The van der Waals surface area contributed by atoms with Crippen molar-refractivity contribution in [2.75, 3.05) is 6.54 Å². The number of amides is 1. The van der Waals surface area contributed by atoms with Crippen LogP contribution < -0.4 is 5.32 Å². The SMILES string of the molecule is O=C(NCC1CCCC1C(=O)O)c1cccc(Br)n1. The second kappa shape index (κ2) is 6.14. The first-order chi connectivity index (χ1) is 9.08. The summed E-state index contributed by atoms with van der Waals surface area (Å²) in [5, 5.41) is 11.8. The fourth-order valence-corrected chi connectivity index (χ4v) is 2.80. The first-order valence-corrected chi connectivity index (χ1v) is 7.01. The van der Waals surface area contributed by atoms with Gasteiger partial charge in [-0.05, 0) is 46.8 Å². The van der Waals surface area contributed by atoms with Crippen LogP contribution in [0.4, 0.5) is 0 Å². The molecule has 0 aliphatic heterocycles. The van der Waals surface area contributed by atoms with Gasteiger partial charge in [-0.3, -0.25) is 9.59 Å². The van der Waals surface area contributed by atoms with Crippen LogP contribution >= 0.6 is 15.9 Å². The van der Waals surface area contributed by atoms with E-state index in [1.807, 2.05) is 0 Å². The Morgan fingerprint density at radius 3 is 2.89 bits per heavy atom. The molecule has 2 N–H and O–H groups in total. The predicted molar refractivity (Wildman–Crippen MR) is 72.7 cm³/mol. The lowest BCUT2D eigenvalue weighted by Crippen LogP contribution is -2.33. The third-order valence-corrected chi connectivity index (χ3v) is 3.89. The van der Waals surface area contributed by atoms with Crippen LogP contribution in [0, 0.1) is 11.8 Å². The quantitative estimate of drug-likeness (QED) is 0.830. The summed E-state index contributed by atoms with van der Waals surface area (Å²) in [7, 11) is 0. The van der Waals surface area contributed by atoms with Crippen molar-refractivity contribution in [2.24, 2.45) is 11.8 Å². The number of hydrogen-bond donors (Lipinski definition) is 2. The van der Waals surface area contributed by atoms with Gasteiger partial charge in [0.05, 0.1) is 5.92 Å². The van der Waals surface area contributed by atoms with Crippen molar-refractivity contribution in [3.05, 3.63) is 28.5 Å². The van der Waals surface area contributed by atoms with E-state index in [0.29, 0.717) is 23.3 Å². The Kier molecular flexibility index (Phi) is 4.52. The lowest BCUT2D eigenvalue weighted by molar-refractivity contribution is -0.142. The van der Waals surface area contributed by atoms with E-state index in [0.717, 1.165) is 12.8 Å². The molecule has 1 aliphatic carbocycles. The molecule has 0 radical (unpaired) electrons. The highest BCUT2D eigenvalue weighted by atomic mass is 79.9. The van der Waals surface area contributed by atoms with Crippen molar-refractivity contribution in [2.45, 2.75) is 19.3 Å². The van der Waals surface area contributed by atoms with Crippen LogP contribution in [0.15, 0.2) is 22.8 Å². The minimum Gasteiger partial charge on any atom is -0.481 e. The van der Waals surface area contributed by atoms with Crippen LogP contribution in [-0.4, -0.2) is 28.5 Å². The molecule has 0 spiro atoms. The van der Waals surface area contributed by atoms with Gasteiger partial charge in [0.25, 0.3) is 5.91 Å². The van der Waals surface area contributed by atoms with Crippen LogP contribution in [0.1, 0.15) is 29.8 Å². The first-order valence-electron chi connectivity index (χ1n) is 6.21. The minimum absolute atomic E-state index is 0.0219. The molecular formula is C13H15BrN2O3. The second-order valence-corrected chi connectivity index (χ2v) is 5.50. The summed E-state index contributed by atoms with van der Waals surface area (Å²) in [5.41, 5.74) is 0.333. The molecule has 1 fully saturated rings. The molecule has 1 aliphatic rings. The van der Waals surface area contributed by atoms with Crippen molar-refractivity contribution in [3.63, 3.8) is 0 Å². The highest BCUT2D eigenvalue weighted by molar-refractivity contribution is 9.10. The fraction of sp³-hybridized carbons (Fsp3) is 0.462. The molecule has 1 aromatic heterocycles. The van der Waals surface area contributed by atoms with Gasteiger partial charge in [-0.15, -0.1) is 0 Å². The number of carboxylic acid groups (broad SMARTS) is 1. The zero-order chi connectivity index (χ0) is 13.8. The topological polar surface area (TPSA) is 79.3 Å². The second-order valence-electron chi connectivity index (χ2n) is 4.69. The number of hydrogen-bond acceptors (Lipinski definition) is 3. The van der Waals surface area contributed by atoms with Gasteiger partial charge in [0.15, 0.2) is 0 Å². The summed E-state index contributed by atoms with van der Waals surface area (Å²) in [6.07, 6.45) is 2.46. The molecule has 1 aromatic rings. The van der Waals surface area contributed by atoms with E-state index < -0.39 is 5.97 Å². The zero-order valence-corrected chi connectivity index (χ0v) is 11.9. The third kappa shape index (κ3) is 3.53. The molecule has 6 heteroatoms. The number of aliphatic carboxylic acids is 1. The molecule has 0 bridgehead atoms. The molecule has 2 unspecified atom stereocenters. The molecule has 0 aromatic carbocycles. The number of rotatable bonds is 4. The van der Waals surface area contributed by atoms with Gasteiger partial charge in [0, 0.05) is 6.54 Å². The van der Waals surface area contributed by atoms with Gasteiger partial charge in [-0.1, -0.05) is 12.5 Å². The van der Waals surface area contributed by atoms with Crippen LogP contribution in [0.5, 0.6) is 0 Å². The molecular weight excluding hydrogens is 312 g/mol. The van der Waals surface area contributed by atoms with E-state index in [1.54, 1.807) is 18.2 Å². The lowest BCUT2D eigenvalue weighted by atomic mass is 9.96. The molecule has 1 saturated carbocycles. The first kappa shape index (κ1) is 14.0. The van der Waals surface area contributed by atoms with Crippen molar-refractivity contribution in [3.8, 4) is 0 Å². The molecule has 1 heterocycles. The number of carboxylic acids is 1.